The molecule has 10 nitrogen and oxygen atoms in total. The van der Waals surface area contributed by atoms with Crippen LogP contribution < -0.4 is 9.47 Å². The molecule has 0 saturated heterocycles. The van der Waals surface area contributed by atoms with Gasteiger partial charge in [0.25, 0.3) is 0 Å². The summed E-state index contributed by atoms with van der Waals surface area (Å²) in [6.07, 6.45) is 11.8. The summed E-state index contributed by atoms with van der Waals surface area (Å²) in [5.74, 6) is 1.66. The standard InChI is InChI=1S/C45H56N6O4/c1-35-32-40(50-48-39-16-21-42(22-17-39)55-31-7-5-29-53-34-45(3)26-9-27-45)18-23-43(35)51-49-37-12-10-36(11-13-37)46-47-38-14-19-41(20-15-38)54-30-6-4-28-52-33-44(2)24-8-25-44/h10-23,32H,4-9,24-31,33-34H2,1-3H3. The van der Waals surface area contributed by atoms with Crippen LogP contribution in [-0.4, -0.2) is 39.6 Å². The highest BCUT2D eigenvalue weighted by molar-refractivity contribution is 5.54. The molecule has 0 radical (unpaired) electrons. The molecule has 10 heteroatoms. The van der Waals surface area contributed by atoms with Crippen LogP contribution in [0.25, 0.3) is 0 Å². The first-order valence-corrected chi connectivity index (χ1v) is 19.9. The van der Waals surface area contributed by atoms with Crippen molar-refractivity contribution in [3.8, 4) is 11.5 Å². The van der Waals surface area contributed by atoms with E-state index in [4.69, 9.17) is 18.9 Å². The summed E-state index contributed by atoms with van der Waals surface area (Å²) in [7, 11) is 0. The van der Waals surface area contributed by atoms with Crippen molar-refractivity contribution in [2.45, 2.75) is 85.0 Å². The van der Waals surface area contributed by atoms with Crippen molar-refractivity contribution in [3.63, 3.8) is 0 Å². The van der Waals surface area contributed by atoms with Gasteiger partial charge in [-0.25, -0.2) is 0 Å². The van der Waals surface area contributed by atoms with Crippen molar-refractivity contribution in [2.75, 3.05) is 39.6 Å². The van der Waals surface area contributed by atoms with Crippen LogP contribution in [0.2, 0.25) is 0 Å². The van der Waals surface area contributed by atoms with Crippen LogP contribution in [0, 0.1) is 17.8 Å². The fourth-order valence-corrected chi connectivity index (χ4v) is 6.44. The van der Waals surface area contributed by atoms with Crippen molar-refractivity contribution in [1.82, 2.24) is 0 Å². The molecule has 290 valence electrons. The lowest BCUT2D eigenvalue weighted by atomic mass is 9.71. The first-order valence-electron chi connectivity index (χ1n) is 19.9. The third-order valence-corrected chi connectivity index (χ3v) is 10.5. The van der Waals surface area contributed by atoms with Crippen LogP contribution in [0.1, 0.15) is 83.6 Å². The number of rotatable bonds is 22. The summed E-state index contributed by atoms with van der Waals surface area (Å²) in [5.41, 5.74) is 6.26. The Morgan fingerprint density at radius 2 is 0.818 bits per heavy atom. The molecule has 6 rings (SSSR count). The van der Waals surface area contributed by atoms with E-state index in [2.05, 4.69) is 44.5 Å². The summed E-state index contributed by atoms with van der Waals surface area (Å²) in [6, 6.07) is 28.5. The summed E-state index contributed by atoms with van der Waals surface area (Å²) in [6.45, 7) is 11.3. The number of azo groups is 3. The lowest BCUT2D eigenvalue weighted by Gasteiger charge is -2.37. The molecule has 0 unspecified atom stereocenters. The maximum Gasteiger partial charge on any atom is 0.119 e. The molecule has 2 saturated carbocycles. The molecule has 4 aromatic carbocycles. The molecule has 0 amide bonds. The van der Waals surface area contributed by atoms with Gasteiger partial charge >= 0.3 is 0 Å². The molecule has 0 heterocycles. The molecule has 2 fully saturated rings. The number of benzene rings is 4. The highest BCUT2D eigenvalue weighted by atomic mass is 16.5. The average Bonchev–Trinajstić information content (AvgIpc) is 3.18. The molecule has 0 spiro atoms. The second-order valence-corrected chi connectivity index (χ2v) is 15.6. The zero-order chi connectivity index (χ0) is 38.2. The first kappa shape index (κ1) is 39.9. The Kier molecular flexibility index (Phi) is 14.7. The smallest absolute Gasteiger partial charge is 0.119 e. The van der Waals surface area contributed by atoms with Crippen LogP contribution in [-0.2, 0) is 9.47 Å². The van der Waals surface area contributed by atoms with Crippen molar-refractivity contribution >= 4 is 34.1 Å². The molecule has 0 aliphatic heterocycles. The minimum atomic E-state index is 0.421. The van der Waals surface area contributed by atoms with Crippen LogP contribution in [0.5, 0.6) is 11.5 Å². The Bertz CT molecular complexity index is 1850. The molecule has 55 heavy (non-hydrogen) atoms. The van der Waals surface area contributed by atoms with E-state index in [1.165, 1.54) is 38.5 Å². The molecule has 0 bridgehead atoms. The summed E-state index contributed by atoms with van der Waals surface area (Å²) in [5, 5.41) is 26.4. The van der Waals surface area contributed by atoms with E-state index < -0.39 is 0 Å². The van der Waals surface area contributed by atoms with Gasteiger partial charge in [0.1, 0.15) is 11.5 Å². The quantitative estimate of drug-likeness (QED) is 0.0589. The second-order valence-electron chi connectivity index (χ2n) is 15.6. The number of nitrogens with zero attached hydrogens (tertiary/aromatic N) is 6. The van der Waals surface area contributed by atoms with Crippen molar-refractivity contribution < 1.29 is 18.9 Å². The average molecular weight is 745 g/mol. The number of unbranched alkanes of at least 4 members (excludes halogenated alkanes) is 2. The van der Waals surface area contributed by atoms with Gasteiger partial charge in [-0.15, -0.1) is 0 Å². The van der Waals surface area contributed by atoms with Gasteiger partial charge in [-0.1, -0.05) is 26.7 Å². The second kappa shape index (κ2) is 20.2. The normalized spacial score (nSPS) is 16.1. The molecule has 0 aromatic heterocycles. The number of hydrogen-bond donors (Lipinski definition) is 0. The Morgan fingerprint density at radius 1 is 0.455 bits per heavy atom. The van der Waals surface area contributed by atoms with Gasteiger partial charge in [-0.05, 0) is 166 Å². The topological polar surface area (TPSA) is 111 Å². The predicted molar refractivity (Wildman–Crippen MR) is 218 cm³/mol. The van der Waals surface area contributed by atoms with E-state index in [0.29, 0.717) is 24.0 Å². The molecular weight excluding hydrogens is 689 g/mol. The Hall–Kier alpha value is -4.80. The Labute approximate surface area is 326 Å². The van der Waals surface area contributed by atoms with Crippen LogP contribution in [0.15, 0.2) is 122 Å². The third kappa shape index (κ3) is 13.2. The minimum Gasteiger partial charge on any atom is -0.494 e. The fourth-order valence-electron chi connectivity index (χ4n) is 6.44. The number of aryl methyl sites for hydroxylation is 1. The lowest BCUT2D eigenvalue weighted by molar-refractivity contribution is 0.00490. The first-order chi connectivity index (χ1) is 26.8. The largest absolute Gasteiger partial charge is 0.494 e. The molecule has 4 aromatic rings. The Balaban J connectivity index is 0.869. The summed E-state index contributed by atoms with van der Waals surface area (Å²) >= 11 is 0. The zero-order valence-electron chi connectivity index (χ0n) is 32.8. The van der Waals surface area contributed by atoms with E-state index >= 15 is 0 Å². The van der Waals surface area contributed by atoms with Gasteiger partial charge in [0.2, 0.25) is 0 Å². The number of hydrogen-bond acceptors (Lipinski definition) is 10. The van der Waals surface area contributed by atoms with Crippen molar-refractivity contribution in [2.24, 2.45) is 41.5 Å². The van der Waals surface area contributed by atoms with Gasteiger partial charge in [-0.3, -0.25) is 0 Å². The summed E-state index contributed by atoms with van der Waals surface area (Å²) in [4.78, 5) is 0. The van der Waals surface area contributed by atoms with E-state index in [-0.39, 0.29) is 0 Å². The maximum absolute atomic E-state index is 5.89. The lowest BCUT2D eigenvalue weighted by Crippen LogP contribution is -2.31. The molecule has 0 N–H and O–H groups in total. The Morgan fingerprint density at radius 3 is 1.22 bits per heavy atom. The van der Waals surface area contributed by atoms with Crippen LogP contribution in [0.4, 0.5) is 34.1 Å². The van der Waals surface area contributed by atoms with Crippen molar-refractivity contribution in [3.05, 3.63) is 96.6 Å². The zero-order valence-corrected chi connectivity index (χ0v) is 32.8. The SMILES string of the molecule is Cc1cc(N=Nc2ccc(OCCCCOCC3(C)CCC3)cc2)ccc1N=Nc1ccc(N=Nc2ccc(OCCCCOCC3(C)CCC3)cc2)cc1. The summed E-state index contributed by atoms with van der Waals surface area (Å²) < 4.78 is 23.5. The third-order valence-electron chi connectivity index (χ3n) is 10.5. The number of ether oxygens (including phenoxy) is 4. The molecular formula is C45H56N6O4. The molecule has 0 atom stereocenters. The highest BCUT2D eigenvalue weighted by Crippen LogP contribution is 2.41. The van der Waals surface area contributed by atoms with Gasteiger partial charge in [-0.2, -0.15) is 30.7 Å². The van der Waals surface area contributed by atoms with Crippen LogP contribution in [0.3, 0.4) is 0 Å². The van der Waals surface area contributed by atoms with E-state index in [0.717, 1.165) is 103 Å². The molecule has 2 aliphatic carbocycles. The van der Waals surface area contributed by atoms with Gasteiger partial charge in [0, 0.05) is 13.2 Å². The fraction of sp³-hybridized carbons (Fsp3) is 0.467. The van der Waals surface area contributed by atoms with Gasteiger partial charge in [0.05, 0.1) is 60.6 Å². The monoisotopic (exact) mass is 744 g/mol. The van der Waals surface area contributed by atoms with E-state index in [1.54, 1.807) is 0 Å². The predicted octanol–water partition coefficient (Wildman–Crippen LogP) is 14.0. The molecule has 2 aliphatic rings. The highest BCUT2D eigenvalue weighted by Gasteiger charge is 2.32. The maximum atomic E-state index is 5.89. The van der Waals surface area contributed by atoms with Gasteiger partial charge < -0.3 is 18.9 Å². The van der Waals surface area contributed by atoms with E-state index in [1.807, 2.05) is 97.9 Å². The van der Waals surface area contributed by atoms with Gasteiger partial charge in [0.15, 0.2) is 0 Å². The minimum absolute atomic E-state index is 0.421. The van der Waals surface area contributed by atoms with Crippen molar-refractivity contribution in [1.29, 1.82) is 0 Å². The van der Waals surface area contributed by atoms with Crippen LogP contribution >= 0.6 is 0 Å². The van der Waals surface area contributed by atoms with E-state index in [9.17, 15) is 0 Å².